The van der Waals surface area contributed by atoms with E-state index in [2.05, 4.69) is 45.0 Å². The van der Waals surface area contributed by atoms with E-state index in [-0.39, 0.29) is 6.10 Å². The first-order chi connectivity index (χ1) is 12.7. The molecule has 2 atom stereocenters. The van der Waals surface area contributed by atoms with Crippen molar-refractivity contribution < 1.29 is 4.74 Å². The Morgan fingerprint density at radius 2 is 1.58 bits per heavy atom. The van der Waals surface area contributed by atoms with Gasteiger partial charge in [0.1, 0.15) is 11.9 Å². The monoisotopic (exact) mass is 372 g/mol. The fourth-order valence-corrected chi connectivity index (χ4v) is 3.52. The summed E-state index contributed by atoms with van der Waals surface area (Å²) in [6.07, 6.45) is 9.48. The van der Waals surface area contributed by atoms with Crippen LogP contribution in [0, 0.1) is 5.92 Å². The van der Waals surface area contributed by atoms with Crippen LogP contribution in [0.2, 0.25) is 5.02 Å². The van der Waals surface area contributed by atoms with Gasteiger partial charge in [-0.05, 0) is 54.2 Å². The van der Waals surface area contributed by atoms with Crippen LogP contribution in [-0.2, 0) is 6.42 Å². The zero-order chi connectivity index (χ0) is 18.8. The second-order valence-corrected chi connectivity index (χ2v) is 7.70. The highest BCUT2D eigenvalue weighted by atomic mass is 35.5. The summed E-state index contributed by atoms with van der Waals surface area (Å²) in [5.41, 5.74) is 2.75. The van der Waals surface area contributed by atoms with Gasteiger partial charge in [-0.25, -0.2) is 0 Å². The molecule has 1 aliphatic carbocycles. The summed E-state index contributed by atoms with van der Waals surface area (Å²) in [5.74, 6) is 1.42. The van der Waals surface area contributed by atoms with Crippen molar-refractivity contribution in [3.8, 4) is 5.75 Å². The first-order valence-corrected chi connectivity index (χ1v) is 10.5. The number of hydrogen-bond acceptors (Lipinski definition) is 1. The average molecular weight is 373 g/mol. The van der Waals surface area contributed by atoms with E-state index in [1.165, 1.54) is 49.7 Å². The fraction of sp³-hybridized carbons (Fsp3) is 0.500. The number of fused-ring (bicyclic) bond motifs is 1. The van der Waals surface area contributed by atoms with Gasteiger partial charge in [-0.3, -0.25) is 0 Å². The summed E-state index contributed by atoms with van der Waals surface area (Å²) in [5, 5.41) is 0.740. The number of ether oxygens (including phenoxy) is 1. The molecule has 1 nitrogen and oxygen atoms in total. The topological polar surface area (TPSA) is 9.23 Å². The van der Waals surface area contributed by atoms with Crippen molar-refractivity contribution in [2.24, 2.45) is 5.92 Å². The molecule has 1 aliphatic rings. The van der Waals surface area contributed by atoms with Crippen LogP contribution >= 0.6 is 11.6 Å². The van der Waals surface area contributed by atoms with Crippen molar-refractivity contribution in [1.29, 1.82) is 0 Å². The van der Waals surface area contributed by atoms with Gasteiger partial charge in [0.2, 0.25) is 0 Å². The summed E-state index contributed by atoms with van der Waals surface area (Å²) >= 11 is 5.91. The lowest BCUT2D eigenvalue weighted by molar-refractivity contribution is 0.129. The van der Waals surface area contributed by atoms with Crippen molar-refractivity contribution in [2.75, 3.05) is 0 Å². The van der Waals surface area contributed by atoms with Gasteiger partial charge >= 0.3 is 0 Å². The Morgan fingerprint density at radius 1 is 0.923 bits per heavy atom. The van der Waals surface area contributed by atoms with Gasteiger partial charge in [0.25, 0.3) is 0 Å². The maximum Gasteiger partial charge on any atom is 0.127 e. The lowest BCUT2D eigenvalue weighted by Crippen LogP contribution is -2.23. The van der Waals surface area contributed by atoms with Crippen LogP contribution in [0.3, 0.4) is 0 Å². The fourth-order valence-electron chi connectivity index (χ4n) is 3.40. The van der Waals surface area contributed by atoms with Crippen LogP contribution in [0.5, 0.6) is 5.75 Å². The Labute approximate surface area is 164 Å². The van der Waals surface area contributed by atoms with E-state index in [1.807, 2.05) is 24.3 Å². The minimum absolute atomic E-state index is 0.145. The van der Waals surface area contributed by atoms with Crippen LogP contribution in [0.1, 0.15) is 76.5 Å². The van der Waals surface area contributed by atoms with Crippen molar-refractivity contribution in [3.05, 3.63) is 64.7 Å². The SMILES string of the molecule is CC1CCc2ccccc2[C@@H]1Oc1ccc(Cl)cc1.CCCCCCC. The Kier molecular flexibility index (Phi) is 9.05. The molecule has 0 heterocycles. The van der Waals surface area contributed by atoms with Crippen molar-refractivity contribution in [1.82, 2.24) is 0 Å². The quantitative estimate of drug-likeness (QED) is 0.466. The lowest BCUT2D eigenvalue weighted by atomic mass is 9.82. The average Bonchev–Trinajstić information content (AvgIpc) is 2.67. The normalized spacial score (nSPS) is 18.5. The molecule has 26 heavy (non-hydrogen) atoms. The molecular weight excluding hydrogens is 340 g/mol. The first kappa shape index (κ1) is 20.8. The molecule has 2 aromatic carbocycles. The van der Waals surface area contributed by atoms with E-state index in [0.717, 1.165) is 17.2 Å². The Balaban J connectivity index is 0.000000298. The molecule has 0 saturated heterocycles. The van der Waals surface area contributed by atoms with Crippen molar-refractivity contribution in [3.63, 3.8) is 0 Å². The van der Waals surface area contributed by atoms with Gasteiger partial charge < -0.3 is 4.74 Å². The molecule has 0 aliphatic heterocycles. The molecule has 0 aromatic heterocycles. The molecular formula is C24H33ClO. The molecule has 0 spiro atoms. The molecule has 0 bridgehead atoms. The molecule has 0 amide bonds. The highest BCUT2D eigenvalue weighted by Gasteiger charge is 2.27. The van der Waals surface area contributed by atoms with E-state index < -0.39 is 0 Å². The predicted octanol–water partition coefficient (Wildman–Crippen LogP) is 8.02. The van der Waals surface area contributed by atoms with Crippen molar-refractivity contribution >= 4 is 11.6 Å². The van der Waals surface area contributed by atoms with Crippen LogP contribution < -0.4 is 4.74 Å². The van der Waals surface area contributed by atoms with Gasteiger partial charge in [0.05, 0.1) is 0 Å². The van der Waals surface area contributed by atoms with Gasteiger partial charge in [0.15, 0.2) is 0 Å². The Bertz CT molecular complexity index is 631. The van der Waals surface area contributed by atoms with Crippen LogP contribution in [0.25, 0.3) is 0 Å². The van der Waals surface area contributed by atoms with Crippen molar-refractivity contribution in [2.45, 2.75) is 71.8 Å². The summed E-state index contributed by atoms with van der Waals surface area (Å²) in [7, 11) is 0. The largest absolute Gasteiger partial charge is 0.485 e. The second kappa shape index (κ2) is 11.3. The third-order valence-corrected chi connectivity index (χ3v) is 5.28. The maximum absolute atomic E-state index is 6.19. The Hall–Kier alpha value is -1.47. The Morgan fingerprint density at radius 3 is 2.23 bits per heavy atom. The maximum atomic E-state index is 6.19. The molecule has 1 unspecified atom stereocenters. The predicted molar refractivity (Wildman–Crippen MR) is 113 cm³/mol. The van der Waals surface area contributed by atoms with Gasteiger partial charge in [0, 0.05) is 5.02 Å². The first-order valence-electron chi connectivity index (χ1n) is 10.2. The molecule has 2 heteroatoms. The standard InChI is InChI=1S/C17H17ClO.C7H16/c1-12-6-7-13-4-2-3-5-16(13)17(12)19-15-10-8-14(18)9-11-15;1-3-5-7-6-4-2/h2-5,8-12,17H,6-7H2,1H3;3-7H2,1-2H3/t12?,17-;/m1./s1. The van der Waals surface area contributed by atoms with Crippen LogP contribution in [0.15, 0.2) is 48.5 Å². The van der Waals surface area contributed by atoms with E-state index in [1.54, 1.807) is 0 Å². The number of rotatable bonds is 6. The minimum Gasteiger partial charge on any atom is -0.485 e. The molecule has 0 N–H and O–H groups in total. The van der Waals surface area contributed by atoms with Crippen LogP contribution in [0.4, 0.5) is 0 Å². The van der Waals surface area contributed by atoms with E-state index in [9.17, 15) is 0 Å². The molecule has 0 radical (unpaired) electrons. The summed E-state index contributed by atoms with van der Waals surface area (Å²) in [6.45, 7) is 6.75. The summed E-state index contributed by atoms with van der Waals surface area (Å²) in [4.78, 5) is 0. The molecule has 0 fully saturated rings. The number of hydrogen-bond donors (Lipinski definition) is 0. The molecule has 2 aromatic rings. The van der Waals surface area contributed by atoms with E-state index >= 15 is 0 Å². The van der Waals surface area contributed by atoms with Gasteiger partial charge in [-0.15, -0.1) is 0 Å². The van der Waals surface area contributed by atoms with E-state index in [4.69, 9.17) is 16.3 Å². The number of aryl methyl sites for hydroxylation is 1. The zero-order valence-corrected chi connectivity index (χ0v) is 17.3. The second-order valence-electron chi connectivity index (χ2n) is 7.27. The third-order valence-electron chi connectivity index (χ3n) is 5.03. The number of unbranched alkanes of at least 4 members (excludes halogenated alkanes) is 4. The zero-order valence-electron chi connectivity index (χ0n) is 16.5. The van der Waals surface area contributed by atoms with Gasteiger partial charge in [-0.2, -0.15) is 0 Å². The smallest absolute Gasteiger partial charge is 0.127 e. The summed E-state index contributed by atoms with van der Waals surface area (Å²) in [6, 6.07) is 16.2. The molecule has 142 valence electrons. The van der Waals surface area contributed by atoms with Gasteiger partial charge in [-0.1, -0.05) is 88.7 Å². The number of halogens is 1. The summed E-state index contributed by atoms with van der Waals surface area (Å²) < 4.78 is 6.19. The molecule has 0 saturated carbocycles. The lowest BCUT2D eigenvalue weighted by Gasteiger charge is -2.31. The number of benzene rings is 2. The van der Waals surface area contributed by atoms with E-state index in [0.29, 0.717) is 5.92 Å². The highest BCUT2D eigenvalue weighted by Crippen LogP contribution is 2.37. The minimum atomic E-state index is 0.145. The third kappa shape index (κ3) is 6.36. The highest BCUT2D eigenvalue weighted by molar-refractivity contribution is 6.30. The van der Waals surface area contributed by atoms with Crippen LogP contribution in [-0.4, -0.2) is 0 Å². The molecule has 3 rings (SSSR count).